The van der Waals surface area contributed by atoms with E-state index in [0.29, 0.717) is 6.54 Å². The first kappa shape index (κ1) is 20.5. The van der Waals surface area contributed by atoms with E-state index in [-0.39, 0.29) is 29.5 Å². The Morgan fingerprint density at radius 3 is 2.38 bits per heavy atom. The highest BCUT2D eigenvalue weighted by atomic mass is 127. The molecule has 0 heterocycles. The number of aliphatic imine (C=N–C) groups is 1. The Kier molecular flexibility index (Phi) is 9.98. The molecule has 6 heteroatoms. The Morgan fingerprint density at radius 2 is 1.81 bits per heavy atom. The molecule has 0 bridgehead atoms. The molecule has 120 valence electrons. The van der Waals surface area contributed by atoms with Gasteiger partial charge in [0.15, 0.2) is 5.96 Å². The van der Waals surface area contributed by atoms with Gasteiger partial charge in [-0.25, -0.2) is 0 Å². The van der Waals surface area contributed by atoms with Crippen LogP contribution in [0.2, 0.25) is 5.02 Å². The van der Waals surface area contributed by atoms with Crippen molar-refractivity contribution in [1.82, 2.24) is 16.0 Å². The van der Waals surface area contributed by atoms with E-state index in [2.05, 4.69) is 41.7 Å². The molecule has 0 atom stereocenters. The highest BCUT2D eigenvalue weighted by molar-refractivity contribution is 14.0. The van der Waals surface area contributed by atoms with Gasteiger partial charge in [-0.05, 0) is 32.4 Å². The number of nitrogens with zero attached hydrogens (tertiary/aromatic N) is 1. The van der Waals surface area contributed by atoms with Crippen LogP contribution in [0, 0.1) is 0 Å². The minimum absolute atomic E-state index is 0. The average molecular weight is 425 g/mol. The van der Waals surface area contributed by atoms with E-state index in [1.807, 2.05) is 24.3 Å². The molecule has 4 nitrogen and oxygen atoms in total. The van der Waals surface area contributed by atoms with E-state index in [1.54, 1.807) is 7.05 Å². The van der Waals surface area contributed by atoms with Gasteiger partial charge in [-0.2, -0.15) is 0 Å². The fourth-order valence-corrected chi connectivity index (χ4v) is 1.86. The third-order valence-electron chi connectivity index (χ3n) is 2.70. The van der Waals surface area contributed by atoms with Crippen LogP contribution in [0.4, 0.5) is 0 Å². The topological polar surface area (TPSA) is 48.5 Å². The fraction of sp³-hybridized carbons (Fsp3) is 0.533. The lowest BCUT2D eigenvalue weighted by atomic mass is 10.1. The monoisotopic (exact) mass is 424 g/mol. The molecule has 0 amide bonds. The number of hydrogen-bond donors (Lipinski definition) is 3. The molecule has 0 radical (unpaired) electrons. The average Bonchev–Trinajstić information content (AvgIpc) is 2.38. The third-order valence-corrected chi connectivity index (χ3v) is 3.07. The number of rotatable bonds is 5. The molecule has 3 N–H and O–H groups in total. The zero-order valence-corrected chi connectivity index (χ0v) is 16.3. The van der Waals surface area contributed by atoms with Gasteiger partial charge < -0.3 is 16.0 Å². The largest absolute Gasteiger partial charge is 0.355 e. The molecule has 0 aromatic heterocycles. The smallest absolute Gasteiger partial charge is 0.191 e. The Balaban J connectivity index is 0.00000400. The molecule has 1 rings (SSSR count). The van der Waals surface area contributed by atoms with Crippen LogP contribution in [0.5, 0.6) is 0 Å². The maximum Gasteiger partial charge on any atom is 0.191 e. The van der Waals surface area contributed by atoms with Gasteiger partial charge in [-0.3, -0.25) is 4.99 Å². The van der Waals surface area contributed by atoms with Crippen molar-refractivity contribution in [1.29, 1.82) is 0 Å². The summed E-state index contributed by atoms with van der Waals surface area (Å²) in [5.41, 5.74) is 1.20. The summed E-state index contributed by atoms with van der Waals surface area (Å²) in [5.74, 6) is 0.778. The van der Waals surface area contributed by atoms with Gasteiger partial charge in [0.1, 0.15) is 0 Å². The normalized spacial score (nSPS) is 11.8. The van der Waals surface area contributed by atoms with E-state index in [0.717, 1.165) is 29.6 Å². The lowest BCUT2D eigenvalue weighted by Gasteiger charge is -2.21. The van der Waals surface area contributed by atoms with Gasteiger partial charge in [-0.15, -0.1) is 24.0 Å². The van der Waals surface area contributed by atoms with Crippen LogP contribution in [-0.4, -0.2) is 31.6 Å². The Hall–Kier alpha value is -0.530. The van der Waals surface area contributed by atoms with Crippen molar-refractivity contribution in [3.05, 3.63) is 34.9 Å². The number of halogens is 2. The standard InChI is InChI=1S/C15H25ClN4.HI/c1-15(2,3)20-10-9-18-14(17-4)19-11-12-7-5-6-8-13(12)16;/h5-8,20H,9-11H2,1-4H3,(H2,17,18,19);1H. The number of guanidine groups is 1. The van der Waals surface area contributed by atoms with Crippen molar-refractivity contribution in [2.45, 2.75) is 32.9 Å². The van der Waals surface area contributed by atoms with Crippen molar-refractivity contribution >= 4 is 41.5 Å². The summed E-state index contributed by atoms with van der Waals surface area (Å²) in [4.78, 5) is 4.19. The second-order valence-corrected chi connectivity index (χ2v) is 6.03. The van der Waals surface area contributed by atoms with Crippen molar-refractivity contribution in [3.8, 4) is 0 Å². The van der Waals surface area contributed by atoms with Crippen LogP contribution in [-0.2, 0) is 6.54 Å². The summed E-state index contributed by atoms with van der Waals surface area (Å²) >= 11 is 6.12. The van der Waals surface area contributed by atoms with E-state index < -0.39 is 0 Å². The molecule has 0 spiro atoms. The first-order valence-electron chi connectivity index (χ1n) is 6.85. The molecule has 0 unspecified atom stereocenters. The molecule has 0 saturated heterocycles. The molecule has 0 aliphatic carbocycles. The second-order valence-electron chi connectivity index (χ2n) is 5.62. The summed E-state index contributed by atoms with van der Waals surface area (Å²) in [6.45, 7) is 8.81. The van der Waals surface area contributed by atoms with E-state index in [1.165, 1.54) is 0 Å². The molecule has 21 heavy (non-hydrogen) atoms. The van der Waals surface area contributed by atoms with E-state index >= 15 is 0 Å². The zero-order chi connectivity index (χ0) is 15.0. The van der Waals surface area contributed by atoms with Gasteiger partial charge in [-0.1, -0.05) is 29.8 Å². The summed E-state index contributed by atoms with van der Waals surface area (Å²) in [7, 11) is 1.76. The minimum atomic E-state index is 0. The highest BCUT2D eigenvalue weighted by Crippen LogP contribution is 2.14. The Bertz CT molecular complexity index is 444. The molecule has 0 aliphatic rings. The molecule has 1 aromatic rings. The van der Waals surface area contributed by atoms with E-state index in [4.69, 9.17) is 11.6 Å². The number of benzene rings is 1. The van der Waals surface area contributed by atoms with Crippen LogP contribution < -0.4 is 16.0 Å². The third kappa shape index (κ3) is 9.16. The summed E-state index contributed by atoms with van der Waals surface area (Å²) < 4.78 is 0. The Morgan fingerprint density at radius 1 is 1.14 bits per heavy atom. The molecule has 1 aromatic carbocycles. The predicted molar refractivity (Wildman–Crippen MR) is 103 cm³/mol. The van der Waals surface area contributed by atoms with Gasteiger partial charge in [0.05, 0.1) is 0 Å². The quantitative estimate of drug-likeness (QED) is 0.295. The SMILES string of the molecule is CN=C(NCCNC(C)(C)C)NCc1ccccc1Cl.I. The van der Waals surface area contributed by atoms with Crippen molar-refractivity contribution < 1.29 is 0 Å². The summed E-state index contributed by atoms with van der Waals surface area (Å²) in [5, 5.41) is 10.7. The lowest BCUT2D eigenvalue weighted by molar-refractivity contribution is 0.428. The maximum absolute atomic E-state index is 6.12. The summed E-state index contributed by atoms with van der Waals surface area (Å²) in [6, 6.07) is 7.80. The highest BCUT2D eigenvalue weighted by Gasteiger charge is 2.07. The van der Waals surface area contributed by atoms with Crippen LogP contribution in [0.15, 0.2) is 29.3 Å². The Labute approximate surface area is 150 Å². The molecule has 0 fully saturated rings. The molecule has 0 aliphatic heterocycles. The molecule has 0 saturated carbocycles. The summed E-state index contributed by atoms with van der Waals surface area (Å²) in [6.07, 6.45) is 0. The number of hydrogen-bond acceptors (Lipinski definition) is 2. The van der Waals surface area contributed by atoms with Crippen LogP contribution in [0.3, 0.4) is 0 Å². The van der Waals surface area contributed by atoms with Crippen LogP contribution in [0.1, 0.15) is 26.3 Å². The van der Waals surface area contributed by atoms with Crippen LogP contribution in [0.25, 0.3) is 0 Å². The fourth-order valence-electron chi connectivity index (χ4n) is 1.66. The lowest BCUT2D eigenvalue weighted by Crippen LogP contribution is -2.44. The number of nitrogens with one attached hydrogen (secondary N) is 3. The van der Waals surface area contributed by atoms with Crippen molar-refractivity contribution in [2.24, 2.45) is 4.99 Å². The maximum atomic E-state index is 6.12. The zero-order valence-electron chi connectivity index (χ0n) is 13.2. The molecular weight excluding hydrogens is 399 g/mol. The van der Waals surface area contributed by atoms with Crippen molar-refractivity contribution in [2.75, 3.05) is 20.1 Å². The second kappa shape index (κ2) is 10.2. The van der Waals surface area contributed by atoms with E-state index in [9.17, 15) is 0 Å². The van der Waals surface area contributed by atoms with Gasteiger partial charge >= 0.3 is 0 Å². The van der Waals surface area contributed by atoms with Gasteiger partial charge in [0.2, 0.25) is 0 Å². The molecular formula is C15H26ClIN4. The van der Waals surface area contributed by atoms with Crippen LogP contribution >= 0.6 is 35.6 Å². The predicted octanol–water partition coefficient (Wildman–Crippen LogP) is 3.01. The first-order valence-corrected chi connectivity index (χ1v) is 7.23. The minimum Gasteiger partial charge on any atom is -0.355 e. The van der Waals surface area contributed by atoms with Gasteiger partial charge in [0, 0.05) is 37.2 Å². The van der Waals surface area contributed by atoms with Crippen molar-refractivity contribution in [3.63, 3.8) is 0 Å². The first-order chi connectivity index (χ1) is 9.42. The van der Waals surface area contributed by atoms with Gasteiger partial charge in [0.25, 0.3) is 0 Å².